The molecule has 0 bridgehead atoms. The van der Waals surface area contributed by atoms with Gasteiger partial charge in [0.1, 0.15) is 0 Å². The molecule has 0 aliphatic carbocycles. The summed E-state index contributed by atoms with van der Waals surface area (Å²) in [5, 5.41) is 0. The summed E-state index contributed by atoms with van der Waals surface area (Å²) in [7, 11) is 2.34. The van der Waals surface area contributed by atoms with E-state index in [-0.39, 0.29) is 4.37 Å². The van der Waals surface area contributed by atoms with Crippen LogP contribution in [0.1, 0.15) is 90.9 Å². The summed E-state index contributed by atoms with van der Waals surface area (Å²) in [6, 6.07) is 0. The minimum absolute atomic E-state index is 0.286. The number of thiol groups is 1. The highest BCUT2D eigenvalue weighted by Gasteiger charge is 2.56. The molecule has 0 saturated heterocycles. The zero-order valence-electron chi connectivity index (χ0n) is 16.2. The molecule has 0 aliphatic rings. The molecule has 3 nitrogen and oxygen atoms in total. The van der Waals surface area contributed by atoms with Gasteiger partial charge < -0.3 is 13.3 Å². The molecule has 5 heteroatoms. The van der Waals surface area contributed by atoms with Crippen molar-refractivity contribution in [3.63, 3.8) is 0 Å². The molecule has 0 spiro atoms. The van der Waals surface area contributed by atoms with Gasteiger partial charge in [0.15, 0.2) is 0 Å². The first-order valence-electron chi connectivity index (χ1n) is 9.43. The maximum Gasteiger partial charge on any atom is 0.516 e. The SMILES string of the molecule is CCCCCCCCCCCCC(S)(CC)[Si](OC)(OC)OC. The van der Waals surface area contributed by atoms with E-state index >= 15 is 0 Å². The van der Waals surface area contributed by atoms with E-state index in [4.69, 9.17) is 25.9 Å². The van der Waals surface area contributed by atoms with Gasteiger partial charge in [0.2, 0.25) is 0 Å². The van der Waals surface area contributed by atoms with Crippen molar-refractivity contribution in [2.24, 2.45) is 0 Å². The van der Waals surface area contributed by atoms with Crippen molar-refractivity contribution < 1.29 is 13.3 Å². The molecule has 0 radical (unpaired) electrons. The number of rotatable bonds is 16. The third-order valence-corrected chi connectivity index (χ3v) is 9.62. The van der Waals surface area contributed by atoms with E-state index in [2.05, 4.69) is 13.8 Å². The Morgan fingerprint density at radius 2 is 1.09 bits per heavy atom. The summed E-state index contributed by atoms with van der Waals surface area (Å²) in [5.74, 6) is 0. The Bertz CT molecular complexity index is 267. The van der Waals surface area contributed by atoms with Crippen molar-refractivity contribution in [3.8, 4) is 0 Å². The first kappa shape index (κ1) is 23.4. The van der Waals surface area contributed by atoms with Gasteiger partial charge in [0, 0.05) is 21.3 Å². The summed E-state index contributed by atoms with van der Waals surface area (Å²) in [6.07, 6.45) is 15.3. The van der Waals surface area contributed by atoms with Gasteiger partial charge in [0.25, 0.3) is 0 Å². The Hall–Kier alpha value is 0.447. The van der Waals surface area contributed by atoms with Crippen molar-refractivity contribution in [2.45, 2.75) is 95.3 Å². The quantitative estimate of drug-likeness (QED) is 0.213. The minimum atomic E-state index is -2.70. The maximum atomic E-state index is 5.65. The van der Waals surface area contributed by atoms with E-state index in [0.717, 1.165) is 19.3 Å². The lowest BCUT2D eigenvalue weighted by molar-refractivity contribution is 0.104. The van der Waals surface area contributed by atoms with Gasteiger partial charge in [-0.2, -0.15) is 12.6 Å². The monoisotopic (exact) mass is 364 g/mol. The molecule has 1 atom stereocenters. The van der Waals surface area contributed by atoms with Crippen LogP contribution in [0.25, 0.3) is 0 Å². The molecular formula is C18H40O3SSi. The highest BCUT2D eigenvalue weighted by molar-refractivity contribution is 7.84. The van der Waals surface area contributed by atoms with E-state index in [1.54, 1.807) is 21.3 Å². The van der Waals surface area contributed by atoms with Crippen LogP contribution in [-0.2, 0) is 13.3 Å². The van der Waals surface area contributed by atoms with Gasteiger partial charge >= 0.3 is 8.80 Å². The molecule has 0 rings (SSSR count). The lowest BCUT2D eigenvalue weighted by Crippen LogP contribution is -2.60. The van der Waals surface area contributed by atoms with Gasteiger partial charge in [0.05, 0.1) is 4.37 Å². The average Bonchev–Trinajstić information content (AvgIpc) is 2.58. The Labute approximate surface area is 151 Å². The average molecular weight is 365 g/mol. The van der Waals surface area contributed by atoms with E-state index in [0.29, 0.717) is 0 Å². The fourth-order valence-corrected chi connectivity index (χ4v) is 6.81. The Kier molecular flexibility index (Phi) is 14.0. The normalized spacial score (nSPS) is 14.9. The molecule has 1 unspecified atom stereocenters. The van der Waals surface area contributed by atoms with Crippen LogP contribution in [0.5, 0.6) is 0 Å². The topological polar surface area (TPSA) is 27.7 Å². The maximum absolute atomic E-state index is 5.65. The van der Waals surface area contributed by atoms with Gasteiger partial charge in [-0.25, -0.2) is 0 Å². The third kappa shape index (κ3) is 7.91. The second-order valence-electron chi connectivity index (χ2n) is 6.49. The van der Waals surface area contributed by atoms with Crippen molar-refractivity contribution >= 4 is 21.4 Å². The van der Waals surface area contributed by atoms with Crippen LogP contribution in [0.15, 0.2) is 0 Å². The van der Waals surface area contributed by atoms with E-state index < -0.39 is 8.80 Å². The predicted molar refractivity (Wildman–Crippen MR) is 105 cm³/mol. The lowest BCUT2D eigenvalue weighted by Gasteiger charge is -2.39. The molecular weight excluding hydrogens is 324 g/mol. The van der Waals surface area contributed by atoms with Gasteiger partial charge in [-0.3, -0.25) is 0 Å². The van der Waals surface area contributed by atoms with Crippen molar-refractivity contribution in [3.05, 3.63) is 0 Å². The first-order valence-corrected chi connectivity index (χ1v) is 11.6. The van der Waals surface area contributed by atoms with Crippen LogP contribution in [0.4, 0.5) is 0 Å². The van der Waals surface area contributed by atoms with Gasteiger partial charge in [-0.15, -0.1) is 0 Å². The largest absolute Gasteiger partial charge is 0.516 e. The second-order valence-corrected chi connectivity index (χ2v) is 11.1. The molecule has 23 heavy (non-hydrogen) atoms. The van der Waals surface area contributed by atoms with Crippen molar-refractivity contribution in [1.29, 1.82) is 0 Å². The summed E-state index contributed by atoms with van der Waals surface area (Å²) in [5.41, 5.74) is 0. The highest BCUT2D eigenvalue weighted by atomic mass is 32.1. The standard InChI is InChI=1S/C18H40O3SSi/c1-6-8-9-10-11-12-13-14-15-16-17-18(22,7-2)23(19-3,20-4)21-5/h22H,6-17H2,1-5H3. The van der Waals surface area contributed by atoms with E-state index in [1.165, 1.54) is 57.8 Å². The molecule has 0 aromatic carbocycles. The fraction of sp³-hybridized carbons (Fsp3) is 1.00. The van der Waals surface area contributed by atoms with Crippen LogP contribution in [0.2, 0.25) is 0 Å². The van der Waals surface area contributed by atoms with Crippen LogP contribution in [0, 0.1) is 0 Å². The van der Waals surface area contributed by atoms with Crippen LogP contribution in [-0.4, -0.2) is 34.5 Å². The summed E-state index contributed by atoms with van der Waals surface area (Å²) in [4.78, 5) is 0. The zero-order chi connectivity index (χ0) is 17.6. The predicted octanol–water partition coefficient (Wildman–Crippen LogP) is 5.79. The van der Waals surface area contributed by atoms with Crippen LogP contribution < -0.4 is 0 Å². The minimum Gasteiger partial charge on any atom is -0.376 e. The van der Waals surface area contributed by atoms with Gasteiger partial charge in [-0.1, -0.05) is 78.1 Å². The molecule has 0 fully saturated rings. The molecule has 0 N–H and O–H groups in total. The molecule has 0 saturated carbocycles. The molecule has 140 valence electrons. The summed E-state index contributed by atoms with van der Waals surface area (Å²) >= 11 is 4.92. The molecule has 0 aromatic rings. The molecule has 0 heterocycles. The molecule has 0 amide bonds. The molecule has 0 aliphatic heterocycles. The zero-order valence-corrected chi connectivity index (χ0v) is 18.1. The molecule has 0 aromatic heterocycles. The first-order chi connectivity index (χ1) is 11.1. The number of unbranched alkanes of at least 4 members (excludes halogenated alkanes) is 9. The third-order valence-electron chi connectivity index (χ3n) is 4.90. The fourth-order valence-electron chi connectivity index (χ4n) is 3.27. The van der Waals surface area contributed by atoms with Crippen LogP contribution in [0.3, 0.4) is 0 Å². The Morgan fingerprint density at radius 1 is 0.696 bits per heavy atom. The highest BCUT2D eigenvalue weighted by Crippen LogP contribution is 2.37. The lowest BCUT2D eigenvalue weighted by atomic mass is 10.0. The summed E-state index contributed by atoms with van der Waals surface area (Å²) in [6.45, 7) is 4.41. The summed E-state index contributed by atoms with van der Waals surface area (Å²) < 4.78 is 16.7. The Morgan fingerprint density at radius 3 is 1.43 bits per heavy atom. The van der Waals surface area contributed by atoms with Gasteiger partial charge in [-0.05, 0) is 12.8 Å². The second kappa shape index (κ2) is 13.7. The van der Waals surface area contributed by atoms with Crippen molar-refractivity contribution in [1.82, 2.24) is 0 Å². The van der Waals surface area contributed by atoms with Crippen molar-refractivity contribution in [2.75, 3.05) is 21.3 Å². The van der Waals surface area contributed by atoms with E-state index in [9.17, 15) is 0 Å². The smallest absolute Gasteiger partial charge is 0.376 e. The van der Waals surface area contributed by atoms with E-state index in [1.807, 2.05) is 0 Å². The Balaban J connectivity index is 3.95. The number of hydrogen-bond acceptors (Lipinski definition) is 4. The van der Waals surface area contributed by atoms with Crippen LogP contribution >= 0.6 is 12.6 Å². The number of hydrogen-bond donors (Lipinski definition) is 1.